The van der Waals surface area contributed by atoms with Gasteiger partial charge in [0.2, 0.25) is 5.95 Å². The minimum atomic E-state index is -0.355. The number of nitrogens with one attached hydrogen (secondary N) is 1. The van der Waals surface area contributed by atoms with Crippen LogP contribution in [0.3, 0.4) is 0 Å². The number of hydrogen-bond donors (Lipinski definition) is 1. The molecule has 0 saturated heterocycles. The first-order chi connectivity index (χ1) is 8.02. The highest BCUT2D eigenvalue weighted by Gasteiger charge is 2.26. The van der Waals surface area contributed by atoms with Gasteiger partial charge < -0.3 is 5.32 Å². The van der Waals surface area contributed by atoms with Gasteiger partial charge in [0.05, 0.1) is 6.04 Å². The Balaban J connectivity index is 2.60. The Hall–Kier alpha value is -2.05. The molecule has 0 aromatic carbocycles. The Bertz CT molecular complexity index is 736. The minimum absolute atomic E-state index is 0.167. The predicted octanol–water partition coefficient (Wildman–Crippen LogP) is -0.580. The molecule has 0 spiro atoms. The molecule has 7 heteroatoms. The van der Waals surface area contributed by atoms with Crippen LogP contribution in [0.1, 0.15) is 13.0 Å². The molecule has 0 amide bonds. The monoisotopic (exact) mass is 235 g/mol. The van der Waals surface area contributed by atoms with Crippen molar-refractivity contribution >= 4 is 17.1 Å². The van der Waals surface area contributed by atoms with Crippen LogP contribution in [0.25, 0.3) is 11.2 Å². The summed E-state index contributed by atoms with van der Waals surface area (Å²) in [6, 6.07) is 0.167. The highest BCUT2D eigenvalue weighted by atomic mass is 16.2. The molecule has 1 aliphatic heterocycles. The average molecular weight is 235 g/mol. The number of hydrogen-bond acceptors (Lipinski definition) is 4. The fourth-order valence-corrected chi connectivity index (χ4v) is 2.30. The third-order valence-corrected chi connectivity index (χ3v) is 3.29. The molecular formula is C10H13N5O2. The van der Waals surface area contributed by atoms with Crippen molar-refractivity contribution < 1.29 is 0 Å². The molecule has 0 bridgehead atoms. The highest BCUT2D eigenvalue weighted by molar-refractivity contribution is 5.75. The standard InChI is InChI=1S/C10H13N5O2/c1-5-4-11-9-12-7-6(15(5)9)8(16)14(3)10(17)13(7)2/h5H,4H2,1-3H3,(H,11,12). The lowest BCUT2D eigenvalue weighted by atomic mass is 10.3. The van der Waals surface area contributed by atoms with Crippen LogP contribution in [0.4, 0.5) is 5.95 Å². The van der Waals surface area contributed by atoms with Crippen molar-refractivity contribution in [2.75, 3.05) is 11.9 Å². The van der Waals surface area contributed by atoms with Crippen LogP contribution in [0.15, 0.2) is 9.59 Å². The second-order valence-electron chi connectivity index (χ2n) is 4.41. The number of fused-ring (bicyclic) bond motifs is 3. The average Bonchev–Trinajstić information content (AvgIpc) is 2.84. The first-order valence-electron chi connectivity index (χ1n) is 5.44. The Morgan fingerprint density at radius 1 is 1.29 bits per heavy atom. The third kappa shape index (κ3) is 1.08. The molecule has 2 aromatic rings. The number of aryl methyl sites for hydroxylation is 1. The van der Waals surface area contributed by atoms with Crippen LogP contribution in [-0.2, 0) is 14.1 Å². The van der Waals surface area contributed by atoms with Gasteiger partial charge in [-0.1, -0.05) is 0 Å². The molecule has 3 rings (SSSR count). The van der Waals surface area contributed by atoms with Crippen LogP contribution >= 0.6 is 0 Å². The lowest BCUT2D eigenvalue weighted by molar-refractivity contribution is 0.637. The summed E-state index contributed by atoms with van der Waals surface area (Å²) < 4.78 is 4.37. The molecule has 0 saturated carbocycles. The quantitative estimate of drug-likeness (QED) is 0.663. The molecule has 0 aliphatic carbocycles. The zero-order valence-electron chi connectivity index (χ0n) is 9.89. The summed E-state index contributed by atoms with van der Waals surface area (Å²) >= 11 is 0. The number of aromatic nitrogens is 4. The summed E-state index contributed by atoms with van der Waals surface area (Å²) in [5.41, 5.74) is 0.276. The fraction of sp³-hybridized carbons (Fsp3) is 0.500. The van der Waals surface area contributed by atoms with Crippen molar-refractivity contribution in [1.29, 1.82) is 0 Å². The zero-order chi connectivity index (χ0) is 12.3. The van der Waals surface area contributed by atoms with E-state index in [1.165, 1.54) is 11.6 Å². The molecule has 1 atom stereocenters. The largest absolute Gasteiger partial charge is 0.353 e. The Labute approximate surface area is 96.3 Å². The molecule has 17 heavy (non-hydrogen) atoms. The number of anilines is 1. The summed E-state index contributed by atoms with van der Waals surface area (Å²) in [5, 5.41) is 3.12. The van der Waals surface area contributed by atoms with E-state index >= 15 is 0 Å². The van der Waals surface area contributed by atoms with E-state index in [0.29, 0.717) is 17.1 Å². The second-order valence-corrected chi connectivity index (χ2v) is 4.41. The molecular weight excluding hydrogens is 222 g/mol. The molecule has 1 aliphatic rings. The van der Waals surface area contributed by atoms with Gasteiger partial charge in [0, 0.05) is 20.6 Å². The van der Waals surface area contributed by atoms with Gasteiger partial charge in [-0.3, -0.25) is 18.5 Å². The van der Waals surface area contributed by atoms with Crippen LogP contribution in [0.2, 0.25) is 0 Å². The molecule has 0 fully saturated rings. The summed E-state index contributed by atoms with van der Waals surface area (Å²) in [7, 11) is 3.11. The fourth-order valence-electron chi connectivity index (χ4n) is 2.30. The molecule has 3 heterocycles. The maximum atomic E-state index is 12.1. The smallest absolute Gasteiger partial charge is 0.332 e. The van der Waals surface area contributed by atoms with E-state index in [1.54, 1.807) is 7.05 Å². The van der Waals surface area contributed by atoms with Gasteiger partial charge in [-0.05, 0) is 6.92 Å². The van der Waals surface area contributed by atoms with Crippen LogP contribution in [-0.4, -0.2) is 25.2 Å². The predicted molar refractivity (Wildman–Crippen MR) is 63.4 cm³/mol. The SMILES string of the molecule is CC1CNc2nc3c(c(=O)n(C)c(=O)n3C)n21. The lowest BCUT2D eigenvalue weighted by Crippen LogP contribution is -2.37. The van der Waals surface area contributed by atoms with Crippen LogP contribution < -0.4 is 16.6 Å². The van der Waals surface area contributed by atoms with Gasteiger partial charge in [-0.15, -0.1) is 0 Å². The topological polar surface area (TPSA) is 73.8 Å². The number of nitrogens with zero attached hydrogens (tertiary/aromatic N) is 4. The van der Waals surface area contributed by atoms with Crippen molar-refractivity contribution in [3.05, 3.63) is 20.8 Å². The minimum Gasteiger partial charge on any atom is -0.353 e. The molecule has 90 valence electrons. The molecule has 1 N–H and O–H groups in total. The van der Waals surface area contributed by atoms with E-state index in [4.69, 9.17) is 0 Å². The lowest BCUT2D eigenvalue weighted by Gasteiger charge is -2.07. The van der Waals surface area contributed by atoms with E-state index in [9.17, 15) is 9.59 Å². The van der Waals surface area contributed by atoms with Crippen LogP contribution in [0, 0.1) is 0 Å². The van der Waals surface area contributed by atoms with E-state index in [-0.39, 0.29) is 17.3 Å². The Morgan fingerprint density at radius 3 is 2.71 bits per heavy atom. The van der Waals surface area contributed by atoms with E-state index in [0.717, 1.165) is 11.1 Å². The number of imidazole rings is 1. The molecule has 1 unspecified atom stereocenters. The van der Waals surface area contributed by atoms with Crippen molar-refractivity contribution in [3.63, 3.8) is 0 Å². The van der Waals surface area contributed by atoms with E-state index in [1.807, 2.05) is 11.5 Å². The normalized spacial score (nSPS) is 18.4. The molecule has 7 nitrogen and oxygen atoms in total. The highest BCUT2D eigenvalue weighted by Crippen LogP contribution is 2.26. The summed E-state index contributed by atoms with van der Waals surface area (Å²) in [6.45, 7) is 2.76. The van der Waals surface area contributed by atoms with Crippen LogP contribution in [0.5, 0.6) is 0 Å². The van der Waals surface area contributed by atoms with E-state index < -0.39 is 0 Å². The summed E-state index contributed by atoms with van der Waals surface area (Å²) in [4.78, 5) is 28.2. The third-order valence-electron chi connectivity index (χ3n) is 3.29. The Kier molecular flexibility index (Phi) is 1.78. The first kappa shape index (κ1) is 10.1. The van der Waals surface area contributed by atoms with Gasteiger partial charge in [0.25, 0.3) is 5.56 Å². The maximum absolute atomic E-state index is 12.1. The first-order valence-corrected chi connectivity index (χ1v) is 5.44. The van der Waals surface area contributed by atoms with Gasteiger partial charge in [0.1, 0.15) is 0 Å². The van der Waals surface area contributed by atoms with Gasteiger partial charge in [-0.2, -0.15) is 4.98 Å². The van der Waals surface area contributed by atoms with Crippen molar-refractivity contribution in [2.24, 2.45) is 14.1 Å². The van der Waals surface area contributed by atoms with Crippen molar-refractivity contribution in [2.45, 2.75) is 13.0 Å². The van der Waals surface area contributed by atoms with E-state index in [2.05, 4.69) is 10.3 Å². The van der Waals surface area contributed by atoms with Gasteiger partial charge in [0.15, 0.2) is 11.2 Å². The Morgan fingerprint density at radius 2 is 2.00 bits per heavy atom. The van der Waals surface area contributed by atoms with Gasteiger partial charge >= 0.3 is 5.69 Å². The maximum Gasteiger partial charge on any atom is 0.332 e. The van der Waals surface area contributed by atoms with Crippen molar-refractivity contribution in [1.82, 2.24) is 18.7 Å². The van der Waals surface area contributed by atoms with Crippen molar-refractivity contribution in [3.8, 4) is 0 Å². The zero-order valence-corrected chi connectivity index (χ0v) is 9.89. The summed E-state index contributed by atoms with van der Waals surface area (Å²) in [5.74, 6) is 0.658. The molecule has 0 radical (unpaired) electrons. The van der Waals surface area contributed by atoms with Gasteiger partial charge in [-0.25, -0.2) is 4.79 Å². The second kappa shape index (κ2) is 2.99. The summed E-state index contributed by atoms with van der Waals surface area (Å²) in [6.07, 6.45) is 0. The number of rotatable bonds is 0. The molecule has 2 aromatic heterocycles.